The van der Waals surface area contributed by atoms with E-state index in [0.29, 0.717) is 0 Å². The fourth-order valence-corrected chi connectivity index (χ4v) is 2.95. The SMILES string of the molecule is O=C(O)c1cn(CCS(=O)(=O)Cc2ccccc2)nn1. The van der Waals surface area contributed by atoms with Gasteiger partial charge < -0.3 is 5.11 Å². The maximum Gasteiger partial charge on any atom is 0.358 e. The molecule has 0 saturated heterocycles. The van der Waals surface area contributed by atoms with Crippen LogP contribution in [-0.2, 0) is 22.1 Å². The summed E-state index contributed by atoms with van der Waals surface area (Å²) in [6.45, 7) is 0.0788. The van der Waals surface area contributed by atoms with Crippen molar-refractivity contribution in [1.82, 2.24) is 15.0 Å². The lowest BCUT2D eigenvalue weighted by molar-refractivity contribution is 0.0690. The number of benzene rings is 1. The van der Waals surface area contributed by atoms with Gasteiger partial charge in [0.1, 0.15) is 0 Å². The molecule has 0 bridgehead atoms. The number of carboxylic acids is 1. The van der Waals surface area contributed by atoms with Gasteiger partial charge >= 0.3 is 5.97 Å². The van der Waals surface area contributed by atoms with Crippen LogP contribution in [0.15, 0.2) is 36.5 Å². The van der Waals surface area contributed by atoms with Crippen LogP contribution >= 0.6 is 0 Å². The topological polar surface area (TPSA) is 102 Å². The average Bonchev–Trinajstić information content (AvgIpc) is 2.86. The van der Waals surface area contributed by atoms with Gasteiger partial charge in [0.15, 0.2) is 15.5 Å². The number of aromatic carboxylic acids is 1. The van der Waals surface area contributed by atoms with Crippen molar-refractivity contribution < 1.29 is 18.3 Å². The van der Waals surface area contributed by atoms with Crippen molar-refractivity contribution in [2.24, 2.45) is 0 Å². The predicted octanol–water partition coefficient (Wildman–Crippen LogP) is 0.591. The second kappa shape index (κ2) is 5.83. The van der Waals surface area contributed by atoms with Crippen LogP contribution in [0.4, 0.5) is 0 Å². The van der Waals surface area contributed by atoms with Gasteiger partial charge in [-0.15, -0.1) is 5.10 Å². The molecule has 1 heterocycles. The lowest BCUT2D eigenvalue weighted by Crippen LogP contribution is -2.15. The molecular weight excluding hydrogens is 282 g/mol. The number of hydrogen-bond donors (Lipinski definition) is 1. The van der Waals surface area contributed by atoms with Crippen molar-refractivity contribution in [1.29, 1.82) is 0 Å². The summed E-state index contributed by atoms with van der Waals surface area (Å²) in [5.41, 5.74) is 0.516. The van der Waals surface area contributed by atoms with E-state index in [2.05, 4.69) is 10.3 Å². The van der Waals surface area contributed by atoms with Gasteiger partial charge in [0.2, 0.25) is 0 Å². The molecule has 0 aliphatic heterocycles. The maximum atomic E-state index is 11.9. The third kappa shape index (κ3) is 3.89. The second-order valence-electron chi connectivity index (χ2n) is 4.25. The van der Waals surface area contributed by atoms with Gasteiger partial charge in [0.05, 0.1) is 24.2 Å². The molecular formula is C12H13N3O4S. The standard InChI is InChI=1S/C12H13N3O4S/c16-12(17)11-8-15(14-13-11)6-7-20(18,19)9-10-4-2-1-3-5-10/h1-5,8H,6-7,9H2,(H,16,17). The first-order chi connectivity index (χ1) is 9.46. The van der Waals surface area contributed by atoms with Crippen molar-refractivity contribution in [3.63, 3.8) is 0 Å². The van der Waals surface area contributed by atoms with Crippen molar-refractivity contribution in [2.45, 2.75) is 12.3 Å². The van der Waals surface area contributed by atoms with Gasteiger partial charge in [-0.05, 0) is 5.56 Å². The third-order valence-electron chi connectivity index (χ3n) is 2.62. The Labute approximate surface area is 115 Å². The highest BCUT2D eigenvalue weighted by molar-refractivity contribution is 7.90. The Bertz CT molecular complexity index is 695. The highest BCUT2D eigenvalue weighted by Gasteiger charge is 2.14. The highest BCUT2D eigenvalue weighted by Crippen LogP contribution is 2.06. The number of sulfone groups is 1. The molecule has 7 nitrogen and oxygen atoms in total. The quantitative estimate of drug-likeness (QED) is 0.836. The lowest BCUT2D eigenvalue weighted by Gasteiger charge is -2.04. The number of aryl methyl sites for hydroxylation is 1. The normalized spacial score (nSPS) is 11.4. The fourth-order valence-electron chi connectivity index (χ4n) is 1.64. The molecule has 0 saturated carbocycles. The lowest BCUT2D eigenvalue weighted by atomic mass is 10.2. The molecule has 0 spiro atoms. The highest BCUT2D eigenvalue weighted by atomic mass is 32.2. The van der Waals surface area contributed by atoms with Gasteiger partial charge in [0.25, 0.3) is 0 Å². The first-order valence-electron chi connectivity index (χ1n) is 5.84. The van der Waals surface area contributed by atoms with Crippen molar-refractivity contribution in [2.75, 3.05) is 5.75 Å². The van der Waals surface area contributed by atoms with Gasteiger partial charge in [0, 0.05) is 0 Å². The van der Waals surface area contributed by atoms with E-state index in [1.165, 1.54) is 10.9 Å². The summed E-state index contributed by atoms with van der Waals surface area (Å²) in [5.74, 6) is -1.36. The molecule has 0 amide bonds. The van der Waals surface area contributed by atoms with Crippen LogP contribution in [-0.4, -0.2) is 40.2 Å². The Morgan fingerprint density at radius 3 is 2.55 bits per heavy atom. The van der Waals surface area contributed by atoms with E-state index in [4.69, 9.17) is 5.11 Å². The van der Waals surface area contributed by atoms with E-state index >= 15 is 0 Å². The summed E-state index contributed by atoms with van der Waals surface area (Å²) in [5, 5.41) is 15.7. The Hall–Kier alpha value is -2.22. The summed E-state index contributed by atoms with van der Waals surface area (Å²) >= 11 is 0. The van der Waals surface area contributed by atoms with E-state index in [9.17, 15) is 13.2 Å². The Kier molecular flexibility index (Phi) is 4.14. The molecule has 0 radical (unpaired) electrons. The molecule has 1 N–H and O–H groups in total. The minimum Gasteiger partial charge on any atom is -0.476 e. The molecule has 8 heteroatoms. The number of aromatic nitrogens is 3. The largest absolute Gasteiger partial charge is 0.476 e. The Balaban J connectivity index is 1.96. The van der Waals surface area contributed by atoms with Gasteiger partial charge in [-0.25, -0.2) is 13.2 Å². The fraction of sp³-hybridized carbons (Fsp3) is 0.250. The zero-order valence-electron chi connectivity index (χ0n) is 10.5. The third-order valence-corrected chi connectivity index (χ3v) is 4.20. The summed E-state index contributed by atoms with van der Waals surface area (Å²) in [6.07, 6.45) is 1.21. The molecule has 0 aliphatic rings. The first kappa shape index (κ1) is 14.2. The van der Waals surface area contributed by atoms with Crippen LogP contribution in [0, 0.1) is 0 Å². The number of hydrogen-bond acceptors (Lipinski definition) is 5. The Morgan fingerprint density at radius 2 is 1.95 bits per heavy atom. The van der Waals surface area contributed by atoms with Crippen LogP contribution in [0.5, 0.6) is 0 Å². The molecule has 2 aromatic rings. The number of nitrogens with zero attached hydrogens (tertiary/aromatic N) is 3. The Morgan fingerprint density at radius 1 is 1.25 bits per heavy atom. The maximum absolute atomic E-state index is 11.9. The van der Waals surface area contributed by atoms with Crippen molar-refractivity contribution >= 4 is 15.8 Å². The van der Waals surface area contributed by atoms with Gasteiger partial charge in [-0.3, -0.25) is 4.68 Å². The average molecular weight is 295 g/mol. The summed E-state index contributed by atoms with van der Waals surface area (Å²) in [6, 6.07) is 8.87. The minimum absolute atomic E-state index is 0.0473. The smallest absolute Gasteiger partial charge is 0.358 e. The number of rotatable bonds is 6. The molecule has 1 aromatic carbocycles. The van der Waals surface area contributed by atoms with E-state index in [1.54, 1.807) is 24.3 Å². The zero-order valence-corrected chi connectivity index (χ0v) is 11.3. The van der Waals surface area contributed by atoms with E-state index < -0.39 is 15.8 Å². The molecule has 0 atom stereocenters. The van der Waals surface area contributed by atoms with Crippen LogP contribution < -0.4 is 0 Å². The molecule has 1 aromatic heterocycles. The predicted molar refractivity (Wildman–Crippen MR) is 70.9 cm³/mol. The molecule has 0 fully saturated rings. The van der Waals surface area contributed by atoms with Crippen LogP contribution in [0.2, 0.25) is 0 Å². The summed E-state index contributed by atoms with van der Waals surface area (Å²) in [4.78, 5) is 10.6. The first-order valence-corrected chi connectivity index (χ1v) is 7.66. The number of carboxylic acid groups (broad SMARTS) is 1. The molecule has 0 unspecified atom stereocenters. The molecule has 106 valence electrons. The van der Waals surface area contributed by atoms with E-state index in [0.717, 1.165) is 5.56 Å². The van der Waals surface area contributed by atoms with E-state index in [1.807, 2.05) is 6.07 Å². The monoisotopic (exact) mass is 295 g/mol. The van der Waals surface area contributed by atoms with Crippen LogP contribution in [0.3, 0.4) is 0 Å². The second-order valence-corrected chi connectivity index (χ2v) is 6.43. The van der Waals surface area contributed by atoms with Crippen molar-refractivity contribution in [3.05, 3.63) is 47.8 Å². The van der Waals surface area contributed by atoms with Crippen LogP contribution in [0.25, 0.3) is 0 Å². The minimum atomic E-state index is -3.28. The molecule has 0 aliphatic carbocycles. The van der Waals surface area contributed by atoms with Gasteiger partial charge in [-0.2, -0.15) is 0 Å². The molecule has 20 heavy (non-hydrogen) atoms. The molecule has 2 rings (SSSR count). The number of carbonyl (C=O) groups is 1. The zero-order chi connectivity index (χ0) is 14.6. The summed E-state index contributed by atoms with van der Waals surface area (Å²) in [7, 11) is -3.28. The van der Waals surface area contributed by atoms with Crippen molar-refractivity contribution in [3.8, 4) is 0 Å². The summed E-state index contributed by atoms with van der Waals surface area (Å²) < 4.78 is 25.1. The van der Waals surface area contributed by atoms with Crippen LogP contribution in [0.1, 0.15) is 16.1 Å². The van der Waals surface area contributed by atoms with Gasteiger partial charge in [-0.1, -0.05) is 35.5 Å². The van der Waals surface area contributed by atoms with E-state index in [-0.39, 0.29) is 23.7 Å².